The van der Waals surface area contributed by atoms with Gasteiger partial charge in [0.1, 0.15) is 6.23 Å². The SMILES string of the molecule is CCN1C(=O)C=CC1O. The lowest BCUT2D eigenvalue weighted by molar-refractivity contribution is -0.130. The van der Waals surface area contributed by atoms with Crippen LogP contribution in [0.3, 0.4) is 0 Å². The van der Waals surface area contributed by atoms with Gasteiger partial charge in [-0.1, -0.05) is 0 Å². The first-order chi connectivity index (χ1) is 4.25. The molecule has 0 aromatic rings. The highest BCUT2D eigenvalue weighted by Gasteiger charge is 2.20. The van der Waals surface area contributed by atoms with Crippen LogP contribution < -0.4 is 0 Å². The van der Waals surface area contributed by atoms with E-state index in [0.29, 0.717) is 6.54 Å². The Morgan fingerprint density at radius 2 is 2.56 bits per heavy atom. The Kier molecular flexibility index (Phi) is 1.53. The number of hydrogen-bond acceptors (Lipinski definition) is 2. The molecule has 1 amide bonds. The van der Waals surface area contributed by atoms with Crippen molar-refractivity contribution in [2.24, 2.45) is 0 Å². The summed E-state index contributed by atoms with van der Waals surface area (Å²) >= 11 is 0. The zero-order chi connectivity index (χ0) is 6.85. The van der Waals surface area contributed by atoms with Gasteiger partial charge in [-0.05, 0) is 13.0 Å². The molecule has 0 saturated heterocycles. The minimum atomic E-state index is -0.692. The van der Waals surface area contributed by atoms with Crippen LogP contribution in [-0.2, 0) is 4.79 Å². The molecule has 0 aromatic heterocycles. The summed E-state index contributed by atoms with van der Waals surface area (Å²) in [5, 5.41) is 8.98. The van der Waals surface area contributed by atoms with Crippen molar-refractivity contribution in [3.05, 3.63) is 12.2 Å². The summed E-state index contributed by atoms with van der Waals surface area (Å²) in [7, 11) is 0. The third-order valence-corrected chi connectivity index (χ3v) is 1.35. The first kappa shape index (κ1) is 6.29. The molecule has 3 nitrogen and oxygen atoms in total. The van der Waals surface area contributed by atoms with E-state index in [1.807, 2.05) is 6.92 Å². The maximum absolute atomic E-state index is 10.7. The Hall–Kier alpha value is -0.830. The van der Waals surface area contributed by atoms with Crippen LogP contribution in [0.5, 0.6) is 0 Å². The maximum atomic E-state index is 10.7. The summed E-state index contributed by atoms with van der Waals surface area (Å²) in [5.41, 5.74) is 0. The van der Waals surface area contributed by atoms with E-state index >= 15 is 0 Å². The van der Waals surface area contributed by atoms with Gasteiger partial charge in [0.2, 0.25) is 5.91 Å². The number of carbonyl (C=O) groups excluding carboxylic acids is 1. The minimum absolute atomic E-state index is 0.106. The van der Waals surface area contributed by atoms with Gasteiger partial charge in [0.15, 0.2) is 0 Å². The fourth-order valence-electron chi connectivity index (χ4n) is 0.841. The minimum Gasteiger partial charge on any atom is -0.370 e. The summed E-state index contributed by atoms with van der Waals surface area (Å²) in [6.45, 7) is 2.39. The molecule has 1 rings (SSSR count). The first-order valence-electron chi connectivity index (χ1n) is 2.92. The lowest BCUT2D eigenvalue weighted by Gasteiger charge is -2.16. The van der Waals surface area contributed by atoms with Crippen LogP contribution in [0.25, 0.3) is 0 Å². The molecule has 3 heteroatoms. The number of nitrogens with zero attached hydrogens (tertiary/aromatic N) is 1. The molecule has 0 radical (unpaired) electrons. The van der Waals surface area contributed by atoms with E-state index in [1.165, 1.54) is 17.1 Å². The number of carbonyl (C=O) groups is 1. The van der Waals surface area contributed by atoms with Crippen molar-refractivity contribution < 1.29 is 9.90 Å². The predicted molar refractivity (Wildman–Crippen MR) is 32.5 cm³/mol. The monoisotopic (exact) mass is 127 g/mol. The van der Waals surface area contributed by atoms with Gasteiger partial charge < -0.3 is 10.0 Å². The van der Waals surface area contributed by atoms with E-state index in [4.69, 9.17) is 5.11 Å². The summed E-state index contributed by atoms with van der Waals surface area (Å²) < 4.78 is 0. The number of hydrogen-bond donors (Lipinski definition) is 1. The second-order valence-electron chi connectivity index (χ2n) is 1.90. The molecule has 1 atom stereocenters. The fourth-order valence-corrected chi connectivity index (χ4v) is 0.841. The lowest BCUT2D eigenvalue weighted by atomic mass is 10.5. The fraction of sp³-hybridized carbons (Fsp3) is 0.500. The Morgan fingerprint density at radius 3 is 2.78 bits per heavy atom. The Bertz CT molecular complexity index is 153. The smallest absolute Gasteiger partial charge is 0.248 e. The van der Waals surface area contributed by atoms with Gasteiger partial charge in [-0.2, -0.15) is 0 Å². The highest BCUT2D eigenvalue weighted by atomic mass is 16.3. The van der Waals surface area contributed by atoms with Gasteiger partial charge in [-0.3, -0.25) is 4.79 Å². The molecular formula is C6H9NO2. The Labute approximate surface area is 53.6 Å². The molecular weight excluding hydrogens is 118 g/mol. The number of aliphatic hydroxyl groups excluding tert-OH is 1. The van der Waals surface area contributed by atoms with Gasteiger partial charge in [-0.15, -0.1) is 0 Å². The van der Waals surface area contributed by atoms with Gasteiger partial charge in [0.05, 0.1) is 0 Å². The van der Waals surface area contributed by atoms with E-state index in [2.05, 4.69) is 0 Å². The van der Waals surface area contributed by atoms with Gasteiger partial charge in [-0.25, -0.2) is 0 Å². The Morgan fingerprint density at radius 1 is 1.89 bits per heavy atom. The predicted octanol–water partition coefficient (Wildman–Crippen LogP) is -0.277. The van der Waals surface area contributed by atoms with Crippen LogP contribution in [0.4, 0.5) is 0 Å². The molecule has 9 heavy (non-hydrogen) atoms. The standard InChI is InChI=1S/C6H9NO2/c1-2-7-5(8)3-4-6(7)9/h3-5,8H,2H2,1H3. The summed E-state index contributed by atoms with van der Waals surface area (Å²) in [5.74, 6) is -0.106. The second kappa shape index (κ2) is 2.19. The molecule has 1 heterocycles. The van der Waals surface area contributed by atoms with E-state index in [0.717, 1.165) is 0 Å². The van der Waals surface area contributed by atoms with Crippen LogP contribution >= 0.6 is 0 Å². The average molecular weight is 127 g/mol. The zero-order valence-electron chi connectivity index (χ0n) is 5.24. The van der Waals surface area contributed by atoms with Crippen molar-refractivity contribution in [3.8, 4) is 0 Å². The highest BCUT2D eigenvalue weighted by Crippen LogP contribution is 2.06. The number of amides is 1. The summed E-state index contributed by atoms with van der Waals surface area (Å²) in [6.07, 6.45) is 2.17. The third kappa shape index (κ3) is 0.954. The molecule has 1 unspecified atom stereocenters. The summed E-state index contributed by atoms with van der Waals surface area (Å²) in [4.78, 5) is 12.1. The summed E-state index contributed by atoms with van der Waals surface area (Å²) in [6, 6.07) is 0. The molecule has 50 valence electrons. The highest BCUT2D eigenvalue weighted by molar-refractivity contribution is 5.90. The molecule has 0 aliphatic carbocycles. The molecule has 1 aliphatic heterocycles. The number of rotatable bonds is 1. The molecule has 0 spiro atoms. The van der Waals surface area contributed by atoms with Gasteiger partial charge in [0, 0.05) is 12.6 Å². The van der Waals surface area contributed by atoms with Crippen LogP contribution in [-0.4, -0.2) is 28.7 Å². The molecule has 0 fully saturated rings. The molecule has 1 N–H and O–H groups in total. The van der Waals surface area contributed by atoms with E-state index in [9.17, 15) is 4.79 Å². The second-order valence-corrected chi connectivity index (χ2v) is 1.90. The van der Waals surface area contributed by atoms with Crippen LogP contribution in [0.2, 0.25) is 0 Å². The molecule has 0 aromatic carbocycles. The topological polar surface area (TPSA) is 40.5 Å². The molecule has 1 aliphatic rings. The van der Waals surface area contributed by atoms with Crippen molar-refractivity contribution in [2.75, 3.05) is 6.54 Å². The zero-order valence-corrected chi connectivity index (χ0v) is 5.24. The Balaban J connectivity index is 2.63. The van der Waals surface area contributed by atoms with E-state index in [1.54, 1.807) is 0 Å². The number of likely N-dealkylation sites (N-methyl/N-ethyl adjacent to an activating group) is 1. The van der Waals surface area contributed by atoms with Crippen molar-refractivity contribution in [1.82, 2.24) is 4.90 Å². The quantitative estimate of drug-likeness (QED) is 0.526. The third-order valence-electron chi connectivity index (χ3n) is 1.35. The first-order valence-corrected chi connectivity index (χ1v) is 2.92. The maximum Gasteiger partial charge on any atom is 0.248 e. The van der Waals surface area contributed by atoms with Crippen molar-refractivity contribution in [2.45, 2.75) is 13.2 Å². The lowest BCUT2D eigenvalue weighted by Crippen LogP contribution is -2.33. The van der Waals surface area contributed by atoms with E-state index in [-0.39, 0.29) is 5.91 Å². The van der Waals surface area contributed by atoms with Gasteiger partial charge in [0.25, 0.3) is 0 Å². The largest absolute Gasteiger partial charge is 0.370 e. The normalized spacial score (nSPS) is 25.8. The van der Waals surface area contributed by atoms with E-state index < -0.39 is 6.23 Å². The van der Waals surface area contributed by atoms with Crippen molar-refractivity contribution in [3.63, 3.8) is 0 Å². The van der Waals surface area contributed by atoms with Crippen LogP contribution in [0.1, 0.15) is 6.92 Å². The van der Waals surface area contributed by atoms with Gasteiger partial charge >= 0.3 is 0 Å². The van der Waals surface area contributed by atoms with Crippen LogP contribution in [0, 0.1) is 0 Å². The average Bonchev–Trinajstić information content (AvgIpc) is 2.12. The van der Waals surface area contributed by atoms with Crippen LogP contribution in [0.15, 0.2) is 12.2 Å². The molecule has 0 saturated carbocycles. The molecule has 0 bridgehead atoms. The number of aliphatic hydroxyl groups is 1. The van der Waals surface area contributed by atoms with Crippen molar-refractivity contribution in [1.29, 1.82) is 0 Å². The van der Waals surface area contributed by atoms with Crippen molar-refractivity contribution >= 4 is 5.91 Å².